The molecule has 0 atom stereocenters. The van der Waals surface area contributed by atoms with E-state index >= 15 is 0 Å². The van der Waals surface area contributed by atoms with Crippen molar-refractivity contribution in [3.8, 4) is 0 Å². The van der Waals surface area contributed by atoms with E-state index in [9.17, 15) is 9.18 Å². The van der Waals surface area contributed by atoms with E-state index in [0.717, 1.165) is 0 Å². The van der Waals surface area contributed by atoms with Crippen molar-refractivity contribution in [2.24, 2.45) is 5.73 Å². The second-order valence-corrected chi connectivity index (χ2v) is 3.39. The SMILES string of the molecule is NC(=O)c1cnc2ccc(F)cc2c1Cl. The molecule has 0 unspecified atom stereocenters. The van der Waals surface area contributed by atoms with Gasteiger partial charge in [-0.1, -0.05) is 11.6 Å². The van der Waals surface area contributed by atoms with Crippen molar-refractivity contribution in [1.29, 1.82) is 0 Å². The number of carbonyl (C=O) groups is 1. The number of halogens is 2. The van der Waals surface area contributed by atoms with Crippen LogP contribution in [0.15, 0.2) is 24.4 Å². The average molecular weight is 225 g/mol. The van der Waals surface area contributed by atoms with E-state index in [1.165, 1.54) is 24.4 Å². The topological polar surface area (TPSA) is 56.0 Å². The average Bonchev–Trinajstić information content (AvgIpc) is 2.19. The van der Waals surface area contributed by atoms with Crippen molar-refractivity contribution in [3.05, 3.63) is 40.8 Å². The van der Waals surface area contributed by atoms with Crippen molar-refractivity contribution in [3.63, 3.8) is 0 Å². The molecule has 0 radical (unpaired) electrons. The fourth-order valence-electron chi connectivity index (χ4n) is 1.30. The van der Waals surface area contributed by atoms with E-state index in [4.69, 9.17) is 17.3 Å². The number of amides is 1. The predicted octanol–water partition coefficient (Wildman–Crippen LogP) is 2.13. The molecular weight excluding hydrogens is 219 g/mol. The van der Waals surface area contributed by atoms with Crippen molar-refractivity contribution in [2.75, 3.05) is 0 Å². The Morgan fingerprint density at radius 2 is 2.20 bits per heavy atom. The highest BCUT2D eigenvalue weighted by Crippen LogP contribution is 2.25. The first-order valence-electron chi connectivity index (χ1n) is 4.13. The lowest BCUT2D eigenvalue weighted by Gasteiger charge is -2.03. The summed E-state index contributed by atoms with van der Waals surface area (Å²) in [7, 11) is 0. The molecule has 0 bridgehead atoms. The number of hydrogen-bond donors (Lipinski definition) is 1. The van der Waals surface area contributed by atoms with Gasteiger partial charge in [0.05, 0.1) is 16.1 Å². The number of hydrogen-bond acceptors (Lipinski definition) is 2. The number of carbonyl (C=O) groups excluding carboxylic acids is 1. The Labute approximate surface area is 89.7 Å². The van der Waals surface area contributed by atoms with Crippen LogP contribution in [0.4, 0.5) is 4.39 Å². The van der Waals surface area contributed by atoms with Crippen LogP contribution in [0.2, 0.25) is 5.02 Å². The molecule has 0 spiro atoms. The van der Waals surface area contributed by atoms with Crippen LogP contribution in [0, 0.1) is 5.82 Å². The Morgan fingerprint density at radius 1 is 1.47 bits per heavy atom. The molecule has 0 saturated carbocycles. The first-order chi connectivity index (χ1) is 7.09. The van der Waals surface area contributed by atoms with E-state index in [2.05, 4.69) is 4.98 Å². The van der Waals surface area contributed by atoms with E-state index in [-0.39, 0.29) is 10.6 Å². The van der Waals surface area contributed by atoms with Crippen LogP contribution in [0.1, 0.15) is 10.4 Å². The van der Waals surface area contributed by atoms with Crippen LogP contribution in [0.3, 0.4) is 0 Å². The molecule has 15 heavy (non-hydrogen) atoms. The molecule has 2 aromatic rings. The molecule has 5 heteroatoms. The summed E-state index contributed by atoms with van der Waals surface area (Å²) in [5.41, 5.74) is 5.70. The van der Waals surface area contributed by atoms with Crippen LogP contribution in [0.25, 0.3) is 10.9 Å². The lowest BCUT2D eigenvalue weighted by Crippen LogP contribution is -2.12. The van der Waals surface area contributed by atoms with Gasteiger partial charge in [0.1, 0.15) is 5.82 Å². The molecule has 2 N–H and O–H groups in total. The fourth-order valence-corrected chi connectivity index (χ4v) is 1.60. The first-order valence-corrected chi connectivity index (χ1v) is 4.51. The predicted molar refractivity (Wildman–Crippen MR) is 55.2 cm³/mol. The normalized spacial score (nSPS) is 10.5. The second kappa shape index (κ2) is 3.47. The van der Waals surface area contributed by atoms with E-state index in [0.29, 0.717) is 10.9 Å². The van der Waals surface area contributed by atoms with Gasteiger partial charge in [0.15, 0.2) is 0 Å². The van der Waals surface area contributed by atoms with Gasteiger partial charge in [0.2, 0.25) is 0 Å². The molecule has 1 aromatic heterocycles. The molecule has 0 aliphatic carbocycles. The summed E-state index contributed by atoms with van der Waals surface area (Å²) in [6.45, 7) is 0. The van der Waals surface area contributed by atoms with Gasteiger partial charge in [0.25, 0.3) is 5.91 Å². The van der Waals surface area contributed by atoms with E-state index in [1.54, 1.807) is 0 Å². The minimum absolute atomic E-state index is 0.0924. The standard InChI is InChI=1S/C10H6ClFN2O/c11-9-6-3-5(12)1-2-8(6)14-4-7(9)10(13)15/h1-4H,(H2,13,15). The zero-order valence-electron chi connectivity index (χ0n) is 7.50. The third-order valence-electron chi connectivity index (χ3n) is 2.03. The second-order valence-electron chi connectivity index (χ2n) is 3.01. The number of benzene rings is 1. The van der Waals surface area contributed by atoms with Crippen molar-refractivity contribution < 1.29 is 9.18 Å². The smallest absolute Gasteiger partial charge is 0.251 e. The lowest BCUT2D eigenvalue weighted by atomic mass is 10.1. The molecule has 0 aliphatic rings. The Morgan fingerprint density at radius 3 is 2.87 bits per heavy atom. The molecule has 0 fully saturated rings. The molecule has 0 saturated heterocycles. The van der Waals surface area contributed by atoms with Gasteiger partial charge in [-0.25, -0.2) is 4.39 Å². The van der Waals surface area contributed by atoms with Crippen LogP contribution < -0.4 is 5.73 Å². The van der Waals surface area contributed by atoms with E-state index in [1.807, 2.05) is 0 Å². The number of pyridine rings is 1. The van der Waals surface area contributed by atoms with Gasteiger partial charge in [-0.3, -0.25) is 9.78 Å². The number of nitrogens with zero attached hydrogens (tertiary/aromatic N) is 1. The van der Waals surface area contributed by atoms with Crippen molar-refractivity contribution in [2.45, 2.75) is 0 Å². The fraction of sp³-hybridized carbons (Fsp3) is 0. The third-order valence-corrected chi connectivity index (χ3v) is 2.44. The van der Waals surface area contributed by atoms with Gasteiger partial charge in [0, 0.05) is 11.6 Å². The maximum Gasteiger partial charge on any atom is 0.251 e. The van der Waals surface area contributed by atoms with Gasteiger partial charge < -0.3 is 5.73 Å². The first kappa shape index (κ1) is 9.86. The minimum atomic E-state index is -0.682. The zero-order valence-corrected chi connectivity index (χ0v) is 8.25. The monoisotopic (exact) mass is 224 g/mol. The minimum Gasteiger partial charge on any atom is -0.366 e. The summed E-state index contributed by atoms with van der Waals surface area (Å²) in [6, 6.07) is 3.98. The Bertz CT molecular complexity index is 556. The summed E-state index contributed by atoms with van der Waals surface area (Å²) >= 11 is 5.90. The van der Waals surface area contributed by atoms with Crippen LogP contribution in [-0.4, -0.2) is 10.9 Å². The molecule has 76 valence electrons. The summed E-state index contributed by atoms with van der Waals surface area (Å²) in [5, 5.41) is 0.514. The number of primary amides is 1. The van der Waals surface area contributed by atoms with E-state index < -0.39 is 11.7 Å². The molecule has 2 rings (SSSR count). The lowest BCUT2D eigenvalue weighted by molar-refractivity contribution is 0.100. The molecule has 1 amide bonds. The molecular formula is C10H6ClFN2O. The number of fused-ring (bicyclic) bond motifs is 1. The largest absolute Gasteiger partial charge is 0.366 e. The Balaban J connectivity index is 2.82. The number of aromatic nitrogens is 1. The van der Waals surface area contributed by atoms with Gasteiger partial charge in [-0.15, -0.1) is 0 Å². The molecule has 1 heterocycles. The highest BCUT2D eigenvalue weighted by molar-refractivity contribution is 6.38. The van der Waals surface area contributed by atoms with Crippen LogP contribution in [0.5, 0.6) is 0 Å². The maximum absolute atomic E-state index is 12.9. The highest BCUT2D eigenvalue weighted by Gasteiger charge is 2.11. The molecule has 0 aliphatic heterocycles. The van der Waals surface area contributed by atoms with Gasteiger partial charge in [-0.05, 0) is 18.2 Å². The third kappa shape index (κ3) is 1.64. The summed E-state index contributed by atoms with van der Waals surface area (Å²) in [4.78, 5) is 14.9. The van der Waals surface area contributed by atoms with Gasteiger partial charge >= 0.3 is 0 Å². The molecule has 3 nitrogen and oxygen atoms in total. The zero-order chi connectivity index (χ0) is 11.0. The Kier molecular flexibility index (Phi) is 2.28. The van der Waals surface area contributed by atoms with Gasteiger partial charge in [-0.2, -0.15) is 0 Å². The van der Waals surface area contributed by atoms with Crippen LogP contribution in [-0.2, 0) is 0 Å². The molecule has 1 aromatic carbocycles. The van der Waals surface area contributed by atoms with Crippen molar-refractivity contribution >= 4 is 28.4 Å². The van der Waals surface area contributed by atoms with Crippen LogP contribution >= 0.6 is 11.6 Å². The number of nitrogens with two attached hydrogens (primary N) is 1. The summed E-state index contributed by atoms with van der Waals surface area (Å²) in [6.07, 6.45) is 1.28. The maximum atomic E-state index is 12.9. The summed E-state index contributed by atoms with van der Waals surface area (Å²) < 4.78 is 12.9. The highest BCUT2D eigenvalue weighted by atomic mass is 35.5. The summed E-state index contributed by atoms with van der Waals surface area (Å²) in [5.74, 6) is -1.12. The Hall–Kier alpha value is -1.68. The number of rotatable bonds is 1. The quantitative estimate of drug-likeness (QED) is 0.807. The van der Waals surface area contributed by atoms with Crippen molar-refractivity contribution in [1.82, 2.24) is 4.98 Å².